The average molecular weight is 376 g/mol. The van der Waals surface area contributed by atoms with E-state index in [-0.39, 0.29) is 29.1 Å². The molecule has 0 aromatic heterocycles. The van der Waals surface area contributed by atoms with Gasteiger partial charge in [-0.2, -0.15) is 4.39 Å². The van der Waals surface area contributed by atoms with Crippen LogP contribution in [-0.4, -0.2) is 26.9 Å². The summed E-state index contributed by atoms with van der Waals surface area (Å²) >= 11 is 0. The number of hydrogen-bond acceptors (Lipinski definition) is 3. The maximum absolute atomic E-state index is 13.9. The molecule has 0 saturated carbocycles. The first kappa shape index (κ1) is 19.1. The molecular formula is C21H19F3O3. The first-order valence-corrected chi connectivity index (χ1v) is 8.52. The monoisotopic (exact) mass is 376 g/mol. The SMILES string of the molecule is COc1ccc(C2CCC(C#Cc3ccc(OC)c(F)c3F)OC2)cc1F. The van der Waals surface area contributed by atoms with Crippen molar-refractivity contribution in [2.24, 2.45) is 0 Å². The molecule has 3 rings (SSSR count). The highest BCUT2D eigenvalue weighted by atomic mass is 19.2. The second-order valence-electron chi connectivity index (χ2n) is 6.20. The van der Waals surface area contributed by atoms with Gasteiger partial charge in [-0.3, -0.25) is 0 Å². The number of halogens is 3. The molecule has 1 saturated heterocycles. The Kier molecular flexibility index (Phi) is 5.92. The van der Waals surface area contributed by atoms with Crippen LogP contribution in [0.25, 0.3) is 0 Å². The largest absolute Gasteiger partial charge is 0.494 e. The molecule has 27 heavy (non-hydrogen) atoms. The van der Waals surface area contributed by atoms with E-state index in [1.165, 1.54) is 32.4 Å². The van der Waals surface area contributed by atoms with Gasteiger partial charge in [0.1, 0.15) is 6.10 Å². The first-order chi connectivity index (χ1) is 13.0. The van der Waals surface area contributed by atoms with Gasteiger partial charge in [-0.15, -0.1) is 0 Å². The molecule has 2 unspecified atom stereocenters. The Hall–Kier alpha value is -2.65. The third kappa shape index (κ3) is 4.20. The number of benzene rings is 2. The summed E-state index contributed by atoms with van der Waals surface area (Å²) in [6.45, 7) is 0.380. The van der Waals surface area contributed by atoms with E-state index in [1.54, 1.807) is 6.07 Å². The van der Waals surface area contributed by atoms with Crippen LogP contribution in [0, 0.1) is 29.3 Å². The molecule has 0 radical (unpaired) electrons. The van der Waals surface area contributed by atoms with Crippen LogP contribution in [-0.2, 0) is 4.74 Å². The van der Waals surface area contributed by atoms with Gasteiger partial charge in [-0.1, -0.05) is 17.9 Å². The van der Waals surface area contributed by atoms with Crippen LogP contribution in [0.4, 0.5) is 13.2 Å². The van der Waals surface area contributed by atoms with Crippen molar-refractivity contribution in [1.82, 2.24) is 0 Å². The molecule has 2 atom stereocenters. The lowest BCUT2D eigenvalue weighted by atomic mass is 9.91. The van der Waals surface area contributed by atoms with E-state index in [2.05, 4.69) is 11.8 Å². The summed E-state index contributed by atoms with van der Waals surface area (Å²) in [6, 6.07) is 7.57. The van der Waals surface area contributed by atoms with Crippen LogP contribution in [0.5, 0.6) is 11.5 Å². The zero-order chi connectivity index (χ0) is 19.4. The number of rotatable bonds is 3. The molecule has 1 aliphatic rings. The fraction of sp³-hybridized carbons (Fsp3) is 0.333. The number of ether oxygens (including phenoxy) is 3. The van der Waals surface area contributed by atoms with Crippen molar-refractivity contribution >= 4 is 0 Å². The zero-order valence-electron chi connectivity index (χ0n) is 15.0. The lowest BCUT2D eigenvalue weighted by Gasteiger charge is -2.26. The highest BCUT2D eigenvalue weighted by molar-refractivity contribution is 5.41. The molecule has 3 nitrogen and oxygen atoms in total. The molecule has 1 heterocycles. The summed E-state index contributed by atoms with van der Waals surface area (Å²) in [7, 11) is 2.69. The van der Waals surface area contributed by atoms with Crippen LogP contribution >= 0.6 is 0 Å². The van der Waals surface area contributed by atoms with Crippen molar-refractivity contribution in [2.75, 3.05) is 20.8 Å². The molecule has 1 aliphatic heterocycles. The molecule has 0 bridgehead atoms. The first-order valence-electron chi connectivity index (χ1n) is 8.52. The highest BCUT2D eigenvalue weighted by Crippen LogP contribution is 2.30. The number of methoxy groups -OCH3 is 2. The fourth-order valence-corrected chi connectivity index (χ4v) is 3.01. The smallest absolute Gasteiger partial charge is 0.201 e. The third-order valence-corrected chi connectivity index (χ3v) is 4.56. The van der Waals surface area contributed by atoms with E-state index >= 15 is 0 Å². The van der Waals surface area contributed by atoms with E-state index in [4.69, 9.17) is 14.2 Å². The maximum Gasteiger partial charge on any atom is 0.201 e. The predicted molar refractivity (Wildman–Crippen MR) is 94.5 cm³/mol. The number of hydrogen-bond donors (Lipinski definition) is 0. The summed E-state index contributed by atoms with van der Waals surface area (Å²) in [5, 5.41) is 0. The molecule has 2 aromatic rings. The fourth-order valence-electron chi connectivity index (χ4n) is 3.01. The standard InChI is InChI=1S/C21H19F3O3/c1-25-18-9-6-14(11-17(18)22)15-4-8-16(27-12-15)7-3-13-5-10-19(26-2)21(24)20(13)23/h5-6,9-11,15-16H,4,8,12H2,1-2H3. The summed E-state index contributed by atoms with van der Waals surface area (Å²) < 4.78 is 56.9. The summed E-state index contributed by atoms with van der Waals surface area (Å²) in [5.41, 5.74) is 0.791. The zero-order valence-corrected chi connectivity index (χ0v) is 15.0. The van der Waals surface area contributed by atoms with Crippen LogP contribution in [0.2, 0.25) is 0 Å². The molecule has 0 aliphatic carbocycles. The average Bonchev–Trinajstić information content (AvgIpc) is 2.69. The van der Waals surface area contributed by atoms with Crippen LogP contribution in [0.3, 0.4) is 0 Å². The molecule has 2 aromatic carbocycles. The Balaban J connectivity index is 1.65. The van der Waals surface area contributed by atoms with E-state index in [0.29, 0.717) is 13.0 Å². The Morgan fingerprint density at radius 3 is 2.33 bits per heavy atom. The minimum Gasteiger partial charge on any atom is -0.494 e. The molecule has 1 fully saturated rings. The van der Waals surface area contributed by atoms with Crippen molar-refractivity contribution in [3.05, 3.63) is 58.9 Å². The van der Waals surface area contributed by atoms with Gasteiger partial charge in [-0.25, -0.2) is 8.78 Å². The molecule has 0 spiro atoms. The molecular weight excluding hydrogens is 357 g/mol. The van der Waals surface area contributed by atoms with Gasteiger partial charge in [0.25, 0.3) is 0 Å². The molecule has 0 N–H and O–H groups in total. The maximum atomic E-state index is 13.9. The topological polar surface area (TPSA) is 27.7 Å². The van der Waals surface area contributed by atoms with Gasteiger partial charge >= 0.3 is 0 Å². The van der Waals surface area contributed by atoms with Crippen molar-refractivity contribution in [1.29, 1.82) is 0 Å². The van der Waals surface area contributed by atoms with Gasteiger partial charge in [-0.05, 0) is 42.7 Å². The van der Waals surface area contributed by atoms with Gasteiger partial charge in [0.2, 0.25) is 5.82 Å². The Labute approximate surface area is 156 Å². The molecule has 6 heteroatoms. The van der Waals surface area contributed by atoms with Gasteiger partial charge in [0.15, 0.2) is 23.1 Å². The predicted octanol–water partition coefficient (Wildman–Crippen LogP) is 4.44. The second-order valence-corrected chi connectivity index (χ2v) is 6.20. The summed E-state index contributed by atoms with van der Waals surface area (Å²) in [4.78, 5) is 0. The van der Waals surface area contributed by atoms with Crippen molar-refractivity contribution in [2.45, 2.75) is 24.9 Å². The lowest BCUT2D eigenvalue weighted by Crippen LogP contribution is -2.23. The third-order valence-electron chi connectivity index (χ3n) is 4.56. The van der Waals surface area contributed by atoms with Gasteiger partial charge < -0.3 is 14.2 Å². The van der Waals surface area contributed by atoms with Crippen molar-refractivity contribution < 1.29 is 27.4 Å². The lowest BCUT2D eigenvalue weighted by molar-refractivity contribution is 0.0383. The quantitative estimate of drug-likeness (QED) is 0.742. The summed E-state index contributed by atoms with van der Waals surface area (Å²) in [6.07, 6.45) is 0.991. The molecule has 142 valence electrons. The Bertz CT molecular complexity index is 878. The van der Waals surface area contributed by atoms with E-state index in [1.807, 2.05) is 6.07 Å². The Morgan fingerprint density at radius 1 is 0.963 bits per heavy atom. The van der Waals surface area contributed by atoms with Gasteiger partial charge in [0.05, 0.1) is 26.4 Å². The van der Waals surface area contributed by atoms with E-state index < -0.39 is 17.5 Å². The van der Waals surface area contributed by atoms with E-state index in [0.717, 1.165) is 12.0 Å². The van der Waals surface area contributed by atoms with Crippen LogP contribution in [0.1, 0.15) is 29.9 Å². The minimum absolute atomic E-state index is 0.0451. The van der Waals surface area contributed by atoms with E-state index in [9.17, 15) is 13.2 Å². The minimum atomic E-state index is -1.06. The highest BCUT2D eigenvalue weighted by Gasteiger charge is 2.23. The Morgan fingerprint density at radius 2 is 1.70 bits per heavy atom. The van der Waals surface area contributed by atoms with Crippen molar-refractivity contribution in [3.8, 4) is 23.3 Å². The van der Waals surface area contributed by atoms with Crippen LogP contribution < -0.4 is 9.47 Å². The van der Waals surface area contributed by atoms with Gasteiger partial charge in [0, 0.05) is 5.92 Å². The summed E-state index contributed by atoms with van der Waals surface area (Å²) in [5.74, 6) is 3.05. The molecule has 0 amide bonds. The normalized spacial score (nSPS) is 19.1. The van der Waals surface area contributed by atoms with Crippen molar-refractivity contribution in [3.63, 3.8) is 0 Å². The van der Waals surface area contributed by atoms with Crippen LogP contribution in [0.15, 0.2) is 30.3 Å². The second kappa shape index (κ2) is 8.36.